The molecule has 4 aromatic rings. The SMILES string of the molecule is CC(C)(S/C=C(\C#N)C(=O)N1CCC[C@@H](n2nc(-c3ccc(Oc4ccccc4)cc3F)c3c(N)ncnc32)C1)N1CCN(C2COC2)CC1. The number of nitrogens with zero attached hydrogens (tertiary/aromatic N) is 8. The number of piperidine rings is 1. The quantitative estimate of drug-likeness (QED) is 0.185. The van der Waals surface area contributed by atoms with Crippen molar-refractivity contribution in [3.63, 3.8) is 0 Å². The summed E-state index contributed by atoms with van der Waals surface area (Å²) in [6, 6.07) is 16.1. The van der Waals surface area contributed by atoms with E-state index in [1.54, 1.807) is 39.3 Å². The molecule has 0 aliphatic carbocycles. The maximum Gasteiger partial charge on any atom is 0.265 e. The number of carbonyl (C=O) groups excluding carboxylic acids is 1. The van der Waals surface area contributed by atoms with E-state index < -0.39 is 5.82 Å². The summed E-state index contributed by atoms with van der Waals surface area (Å²) in [7, 11) is 0. The highest BCUT2D eigenvalue weighted by molar-refractivity contribution is 8.03. The van der Waals surface area contributed by atoms with Gasteiger partial charge in [-0.05, 0) is 56.4 Å². The molecular formula is C36H40FN9O3S. The molecule has 260 valence electrons. The lowest BCUT2D eigenvalue weighted by Crippen LogP contribution is -2.59. The number of hydrogen-bond donors (Lipinski definition) is 1. The number of ether oxygens (including phenoxy) is 2. The molecule has 2 aromatic heterocycles. The third-order valence-corrected chi connectivity index (χ3v) is 10.9. The fraction of sp³-hybridized carbons (Fsp3) is 0.417. The molecule has 3 fully saturated rings. The lowest BCUT2D eigenvalue weighted by Gasteiger charge is -2.47. The first-order valence-corrected chi connectivity index (χ1v) is 17.8. The average Bonchev–Trinajstić information content (AvgIpc) is 3.49. The Balaban J connectivity index is 1.08. The number of aromatic nitrogens is 4. The second kappa shape index (κ2) is 14.4. The van der Waals surface area contributed by atoms with E-state index in [0.717, 1.165) is 39.4 Å². The van der Waals surface area contributed by atoms with Gasteiger partial charge in [0.1, 0.15) is 46.8 Å². The lowest BCUT2D eigenvalue weighted by atomic mass is 10.0. The number of halogens is 1. The molecule has 50 heavy (non-hydrogen) atoms. The van der Waals surface area contributed by atoms with Crippen LogP contribution in [0.2, 0.25) is 0 Å². The minimum atomic E-state index is -0.534. The molecule has 14 heteroatoms. The normalized spacial score (nSPS) is 19.7. The minimum Gasteiger partial charge on any atom is -0.457 e. The van der Waals surface area contributed by atoms with Crippen LogP contribution in [0.3, 0.4) is 0 Å². The number of fused-ring (bicyclic) bond motifs is 1. The van der Waals surface area contributed by atoms with Crippen LogP contribution in [-0.2, 0) is 9.53 Å². The van der Waals surface area contributed by atoms with E-state index in [0.29, 0.717) is 60.2 Å². The molecule has 12 nitrogen and oxygen atoms in total. The number of carbonyl (C=O) groups is 1. The van der Waals surface area contributed by atoms with Crippen LogP contribution in [0.4, 0.5) is 10.2 Å². The Morgan fingerprint density at radius 1 is 1.08 bits per heavy atom. The number of piperazine rings is 1. The number of para-hydroxylation sites is 1. The molecule has 1 amide bonds. The van der Waals surface area contributed by atoms with Gasteiger partial charge in [-0.3, -0.25) is 14.6 Å². The van der Waals surface area contributed by atoms with Crippen LogP contribution in [0.5, 0.6) is 11.5 Å². The summed E-state index contributed by atoms with van der Waals surface area (Å²) in [5, 5.41) is 17.1. The van der Waals surface area contributed by atoms with Crippen LogP contribution in [0.1, 0.15) is 32.7 Å². The fourth-order valence-corrected chi connectivity index (χ4v) is 7.68. The number of nitriles is 1. The standard InChI is InChI=1S/C36H40FN9O3S/c1-36(2,45-15-13-43(14-16-45)26-20-48-21-26)50-22-24(18-38)35(47)44-12-6-7-25(19-44)46-34-31(33(39)40-23-41-34)32(42-46)29-11-10-28(17-30(29)37)49-27-8-4-3-5-9-27/h3-5,8-11,17,22-23,25-26H,6-7,12-16,19-21H2,1-2H3,(H2,39,40,41)/b24-22+/t25-/m1/s1. The Morgan fingerprint density at radius 2 is 1.86 bits per heavy atom. The van der Waals surface area contributed by atoms with Gasteiger partial charge in [0.15, 0.2) is 5.65 Å². The van der Waals surface area contributed by atoms with Crippen molar-refractivity contribution in [2.45, 2.75) is 43.6 Å². The summed E-state index contributed by atoms with van der Waals surface area (Å²) in [6.45, 7) is 10.5. The smallest absolute Gasteiger partial charge is 0.265 e. The van der Waals surface area contributed by atoms with Crippen molar-refractivity contribution >= 4 is 34.5 Å². The fourth-order valence-electron chi connectivity index (χ4n) is 6.79. The first-order chi connectivity index (χ1) is 24.2. The van der Waals surface area contributed by atoms with Crippen molar-refractivity contribution in [3.8, 4) is 28.8 Å². The number of nitrogen functional groups attached to an aromatic ring is 1. The number of likely N-dealkylation sites (tertiary alicyclic amines) is 1. The molecule has 2 aromatic carbocycles. The topological polar surface area (TPSA) is 139 Å². The summed E-state index contributed by atoms with van der Waals surface area (Å²) in [6.07, 6.45) is 2.76. The van der Waals surface area contributed by atoms with Gasteiger partial charge in [0.2, 0.25) is 0 Å². The number of hydrogen-bond acceptors (Lipinski definition) is 11. The zero-order chi connectivity index (χ0) is 34.8. The van der Waals surface area contributed by atoms with Gasteiger partial charge in [0, 0.05) is 50.9 Å². The van der Waals surface area contributed by atoms with E-state index >= 15 is 4.39 Å². The van der Waals surface area contributed by atoms with E-state index in [4.69, 9.17) is 20.3 Å². The Labute approximate surface area is 294 Å². The molecule has 5 heterocycles. The molecule has 3 saturated heterocycles. The number of benzene rings is 2. The monoisotopic (exact) mass is 697 g/mol. The predicted octanol–water partition coefficient (Wildman–Crippen LogP) is 5.06. The van der Waals surface area contributed by atoms with Crippen LogP contribution < -0.4 is 10.5 Å². The molecule has 3 aliphatic heterocycles. The van der Waals surface area contributed by atoms with Crippen molar-refractivity contribution < 1.29 is 18.7 Å². The maximum absolute atomic E-state index is 15.7. The molecular weight excluding hydrogens is 658 g/mol. The second-order valence-corrected chi connectivity index (χ2v) is 14.7. The van der Waals surface area contributed by atoms with Crippen LogP contribution in [0.25, 0.3) is 22.3 Å². The zero-order valence-electron chi connectivity index (χ0n) is 28.2. The third-order valence-electron chi connectivity index (χ3n) is 9.75. The highest BCUT2D eigenvalue weighted by Gasteiger charge is 2.35. The maximum atomic E-state index is 15.7. The van der Waals surface area contributed by atoms with Gasteiger partial charge in [-0.2, -0.15) is 10.4 Å². The predicted molar refractivity (Wildman–Crippen MR) is 190 cm³/mol. The Bertz CT molecular complexity index is 1930. The van der Waals surface area contributed by atoms with E-state index in [1.807, 2.05) is 18.2 Å². The molecule has 0 unspecified atom stereocenters. The summed E-state index contributed by atoms with van der Waals surface area (Å²) in [5.41, 5.74) is 7.42. The van der Waals surface area contributed by atoms with Crippen LogP contribution in [0.15, 0.2) is 65.8 Å². The molecule has 0 spiro atoms. The third kappa shape index (κ3) is 6.91. The zero-order valence-corrected chi connectivity index (χ0v) is 29.0. The molecule has 0 saturated carbocycles. The second-order valence-electron chi connectivity index (χ2n) is 13.3. The molecule has 2 N–H and O–H groups in total. The van der Waals surface area contributed by atoms with Gasteiger partial charge in [0.25, 0.3) is 5.91 Å². The van der Waals surface area contributed by atoms with Gasteiger partial charge in [-0.1, -0.05) is 18.2 Å². The van der Waals surface area contributed by atoms with Crippen LogP contribution >= 0.6 is 11.8 Å². The van der Waals surface area contributed by atoms with Gasteiger partial charge < -0.3 is 20.1 Å². The van der Waals surface area contributed by atoms with Crippen LogP contribution in [-0.4, -0.2) is 104 Å². The number of rotatable bonds is 9. The van der Waals surface area contributed by atoms with E-state index in [1.165, 1.54) is 24.2 Å². The molecule has 3 aliphatic rings. The number of nitrogens with two attached hydrogens (primary N) is 1. The number of thioether (sulfide) groups is 1. The van der Waals surface area contributed by atoms with Crippen molar-refractivity contribution in [1.29, 1.82) is 5.26 Å². The van der Waals surface area contributed by atoms with E-state index in [2.05, 4.69) is 39.7 Å². The van der Waals surface area contributed by atoms with E-state index in [-0.39, 0.29) is 33.8 Å². The molecule has 0 radical (unpaired) electrons. The van der Waals surface area contributed by atoms with Gasteiger partial charge >= 0.3 is 0 Å². The van der Waals surface area contributed by atoms with Crippen molar-refractivity contribution in [2.24, 2.45) is 0 Å². The van der Waals surface area contributed by atoms with E-state index in [9.17, 15) is 10.1 Å². The van der Waals surface area contributed by atoms with Gasteiger partial charge in [-0.25, -0.2) is 19.0 Å². The molecule has 7 rings (SSSR count). The summed E-state index contributed by atoms with van der Waals surface area (Å²) < 4.78 is 28.6. The highest BCUT2D eigenvalue weighted by atomic mass is 32.2. The number of amides is 1. The lowest BCUT2D eigenvalue weighted by molar-refractivity contribution is -0.128. The molecule has 1 atom stereocenters. The van der Waals surface area contributed by atoms with Crippen molar-refractivity contribution in [2.75, 3.05) is 58.2 Å². The van der Waals surface area contributed by atoms with Gasteiger partial charge in [0.05, 0.1) is 35.6 Å². The largest absolute Gasteiger partial charge is 0.457 e. The molecule has 0 bridgehead atoms. The van der Waals surface area contributed by atoms with Crippen LogP contribution in [0, 0.1) is 17.1 Å². The Hall–Kier alpha value is -4.55. The highest BCUT2D eigenvalue weighted by Crippen LogP contribution is 2.37. The summed E-state index contributed by atoms with van der Waals surface area (Å²) in [4.78, 5) is 28.7. The Morgan fingerprint density at radius 3 is 2.56 bits per heavy atom. The van der Waals surface area contributed by atoms with Gasteiger partial charge in [-0.15, -0.1) is 11.8 Å². The average molecular weight is 698 g/mol. The first kappa shape index (κ1) is 33.9. The summed E-state index contributed by atoms with van der Waals surface area (Å²) in [5.74, 6) is 0.261. The minimum absolute atomic E-state index is 0.103. The first-order valence-electron chi connectivity index (χ1n) is 16.9. The van der Waals surface area contributed by atoms with Crippen molar-refractivity contribution in [3.05, 3.63) is 71.7 Å². The summed E-state index contributed by atoms with van der Waals surface area (Å²) >= 11 is 1.50. The number of anilines is 1. The Kier molecular flexibility index (Phi) is 9.74. The van der Waals surface area contributed by atoms with Crippen molar-refractivity contribution in [1.82, 2.24) is 34.4 Å².